The van der Waals surface area contributed by atoms with E-state index in [-0.39, 0.29) is 11.6 Å². The van der Waals surface area contributed by atoms with Crippen LogP contribution >= 0.6 is 23.2 Å². The fourth-order valence-corrected chi connectivity index (χ4v) is 2.97. The number of nitrogens with zero attached hydrogens (tertiary/aromatic N) is 4. The number of allylic oxidation sites excluding steroid dienone is 1. The Morgan fingerprint density at radius 1 is 1.17 bits per heavy atom. The number of rotatable bonds is 9. The van der Waals surface area contributed by atoms with E-state index in [1.807, 2.05) is 0 Å². The average Bonchev–Trinajstić information content (AvgIpc) is 3.14. The average molecular weight is 438 g/mol. The van der Waals surface area contributed by atoms with Gasteiger partial charge in [-0.25, -0.2) is 9.07 Å². The maximum Gasteiger partial charge on any atom is 0.243 e. The molecule has 0 amide bonds. The Bertz CT molecular complexity index is 1010. The quantitative estimate of drug-likeness (QED) is 0.496. The van der Waals surface area contributed by atoms with Gasteiger partial charge in [-0.2, -0.15) is 0 Å². The third-order valence-electron chi connectivity index (χ3n) is 4.00. The molecule has 1 N–H and O–H groups in total. The van der Waals surface area contributed by atoms with Gasteiger partial charge in [0.2, 0.25) is 5.95 Å². The molecule has 0 spiro atoms. The molecule has 29 heavy (non-hydrogen) atoms. The third-order valence-corrected chi connectivity index (χ3v) is 4.71. The number of halogens is 3. The van der Waals surface area contributed by atoms with Crippen LogP contribution in [-0.2, 0) is 19.7 Å². The summed E-state index contributed by atoms with van der Waals surface area (Å²) in [6.07, 6.45) is 1.69. The number of hydrogen-bond acceptors (Lipinski definition) is 6. The van der Waals surface area contributed by atoms with Gasteiger partial charge in [0.15, 0.2) is 11.5 Å². The van der Waals surface area contributed by atoms with E-state index >= 15 is 0 Å². The van der Waals surface area contributed by atoms with Crippen LogP contribution in [0.15, 0.2) is 43.0 Å². The Hall–Kier alpha value is -2.84. The highest BCUT2D eigenvalue weighted by Gasteiger charge is 2.13. The molecule has 0 aliphatic carbocycles. The van der Waals surface area contributed by atoms with Crippen LogP contribution in [0.25, 0.3) is 0 Å². The number of hydrogen-bond donors (Lipinski definition) is 1. The normalized spacial score (nSPS) is 10.6. The van der Waals surface area contributed by atoms with Crippen LogP contribution in [0.1, 0.15) is 11.1 Å². The standard InChI is InChI=1S/C19H18Cl2FN5O2/c1-3-6-27-19(24-25-26-27)23-10-13-7-17(28-2)18(9-16(13)21)29-11-12-4-5-14(22)8-15(12)20/h3-5,7-9H,1,6,10-11H2,2H3,(H,23,24,26). The van der Waals surface area contributed by atoms with Crippen molar-refractivity contribution in [1.82, 2.24) is 20.2 Å². The van der Waals surface area contributed by atoms with Crippen LogP contribution in [0.3, 0.4) is 0 Å². The predicted molar refractivity (Wildman–Crippen MR) is 109 cm³/mol. The summed E-state index contributed by atoms with van der Waals surface area (Å²) in [4.78, 5) is 0. The van der Waals surface area contributed by atoms with E-state index in [4.69, 9.17) is 32.7 Å². The monoisotopic (exact) mass is 437 g/mol. The van der Waals surface area contributed by atoms with E-state index in [0.717, 1.165) is 5.56 Å². The van der Waals surface area contributed by atoms with E-state index in [0.29, 0.717) is 41.1 Å². The molecule has 3 aromatic rings. The summed E-state index contributed by atoms with van der Waals surface area (Å²) in [5.74, 6) is 1.02. The van der Waals surface area contributed by atoms with Gasteiger partial charge in [-0.1, -0.05) is 40.4 Å². The molecule has 1 aromatic heterocycles. The molecule has 0 radical (unpaired) electrons. The molecule has 0 saturated heterocycles. The summed E-state index contributed by atoms with van der Waals surface area (Å²) in [5.41, 5.74) is 1.41. The van der Waals surface area contributed by atoms with Gasteiger partial charge in [-0.05, 0) is 34.2 Å². The highest BCUT2D eigenvalue weighted by Crippen LogP contribution is 2.34. The zero-order chi connectivity index (χ0) is 20.8. The Morgan fingerprint density at radius 3 is 2.69 bits per heavy atom. The first kappa shape index (κ1) is 20.9. The zero-order valence-electron chi connectivity index (χ0n) is 15.5. The second kappa shape index (κ2) is 9.58. The van der Waals surface area contributed by atoms with Gasteiger partial charge in [0, 0.05) is 23.2 Å². The van der Waals surface area contributed by atoms with Crippen LogP contribution in [0.2, 0.25) is 10.0 Å². The highest BCUT2D eigenvalue weighted by atomic mass is 35.5. The molecule has 0 fully saturated rings. The SMILES string of the molecule is C=CCn1nnnc1NCc1cc(OC)c(OCc2ccc(F)cc2Cl)cc1Cl. The lowest BCUT2D eigenvalue weighted by Gasteiger charge is -2.15. The second-order valence-electron chi connectivity index (χ2n) is 5.95. The van der Waals surface area contributed by atoms with Crippen molar-refractivity contribution in [2.24, 2.45) is 0 Å². The number of ether oxygens (including phenoxy) is 2. The van der Waals surface area contributed by atoms with Crippen molar-refractivity contribution >= 4 is 29.2 Å². The first-order valence-corrected chi connectivity index (χ1v) is 9.31. The summed E-state index contributed by atoms with van der Waals surface area (Å²) in [5, 5.41) is 15.3. The topological polar surface area (TPSA) is 74.1 Å². The molecule has 7 nitrogen and oxygen atoms in total. The predicted octanol–water partition coefficient (Wildman–Crippen LogP) is 4.50. The van der Waals surface area contributed by atoms with Crippen LogP contribution < -0.4 is 14.8 Å². The number of benzene rings is 2. The number of anilines is 1. The largest absolute Gasteiger partial charge is 0.493 e. The third kappa shape index (κ3) is 5.16. The number of methoxy groups -OCH3 is 1. The molecule has 0 atom stereocenters. The van der Waals surface area contributed by atoms with Crippen molar-refractivity contribution in [1.29, 1.82) is 0 Å². The van der Waals surface area contributed by atoms with E-state index in [2.05, 4.69) is 27.4 Å². The van der Waals surface area contributed by atoms with Crippen molar-refractivity contribution in [3.05, 3.63) is 70.0 Å². The van der Waals surface area contributed by atoms with Crippen LogP contribution in [0.4, 0.5) is 10.3 Å². The minimum Gasteiger partial charge on any atom is -0.493 e. The first-order valence-electron chi connectivity index (χ1n) is 8.56. The van der Waals surface area contributed by atoms with Gasteiger partial charge in [0.05, 0.1) is 18.7 Å². The molecule has 0 saturated carbocycles. The lowest BCUT2D eigenvalue weighted by Crippen LogP contribution is -2.09. The minimum absolute atomic E-state index is 0.139. The van der Waals surface area contributed by atoms with Crippen LogP contribution in [-0.4, -0.2) is 27.3 Å². The molecule has 2 aromatic carbocycles. The Morgan fingerprint density at radius 2 is 1.97 bits per heavy atom. The number of aromatic nitrogens is 4. The van der Waals surface area contributed by atoms with Crippen molar-refractivity contribution in [2.75, 3.05) is 12.4 Å². The van der Waals surface area contributed by atoms with E-state index in [9.17, 15) is 4.39 Å². The van der Waals surface area contributed by atoms with E-state index in [1.165, 1.54) is 19.2 Å². The Labute approximate surface area is 177 Å². The lowest BCUT2D eigenvalue weighted by molar-refractivity contribution is 0.284. The van der Waals surface area contributed by atoms with Gasteiger partial charge in [0.1, 0.15) is 12.4 Å². The zero-order valence-corrected chi connectivity index (χ0v) is 17.0. The summed E-state index contributed by atoms with van der Waals surface area (Å²) in [7, 11) is 1.53. The van der Waals surface area contributed by atoms with Gasteiger partial charge < -0.3 is 14.8 Å². The summed E-state index contributed by atoms with van der Waals surface area (Å²) in [6, 6.07) is 7.54. The van der Waals surface area contributed by atoms with Crippen molar-refractivity contribution in [2.45, 2.75) is 19.7 Å². The van der Waals surface area contributed by atoms with Gasteiger partial charge in [-0.3, -0.25) is 0 Å². The lowest BCUT2D eigenvalue weighted by atomic mass is 10.2. The van der Waals surface area contributed by atoms with Crippen LogP contribution in [0.5, 0.6) is 11.5 Å². The summed E-state index contributed by atoms with van der Waals surface area (Å²) >= 11 is 12.4. The highest BCUT2D eigenvalue weighted by molar-refractivity contribution is 6.31. The second-order valence-corrected chi connectivity index (χ2v) is 6.76. The molecule has 152 valence electrons. The molecular formula is C19H18Cl2FN5O2. The van der Waals surface area contributed by atoms with Gasteiger partial charge in [-0.15, -0.1) is 6.58 Å². The van der Waals surface area contributed by atoms with Gasteiger partial charge in [0.25, 0.3) is 0 Å². The summed E-state index contributed by atoms with van der Waals surface area (Å²) < 4.78 is 26.0. The van der Waals surface area contributed by atoms with E-state index < -0.39 is 5.82 Å². The molecule has 3 rings (SSSR count). The fourth-order valence-electron chi connectivity index (χ4n) is 2.53. The Balaban J connectivity index is 1.73. The number of nitrogens with one attached hydrogen (secondary N) is 1. The molecule has 10 heteroatoms. The van der Waals surface area contributed by atoms with E-state index in [1.54, 1.807) is 29.0 Å². The maximum absolute atomic E-state index is 13.2. The fraction of sp³-hybridized carbons (Fsp3) is 0.211. The minimum atomic E-state index is -0.407. The maximum atomic E-state index is 13.2. The van der Waals surface area contributed by atoms with Crippen molar-refractivity contribution in [3.63, 3.8) is 0 Å². The van der Waals surface area contributed by atoms with Crippen LogP contribution in [0, 0.1) is 5.82 Å². The van der Waals surface area contributed by atoms with Crippen molar-refractivity contribution in [3.8, 4) is 11.5 Å². The molecule has 1 heterocycles. The molecule has 0 bridgehead atoms. The first-order chi connectivity index (χ1) is 14.0. The van der Waals surface area contributed by atoms with Gasteiger partial charge >= 0.3 is 0 Å². The smallest absolute Gasteiger partial charge is 0.243 e. The summed E-state index contributed by atoms with van der Waals surface area (Å²) in [6.45, 7) is 4.66. The molecule has 0 aliphatic rings. The van der Waals surface area contributed by atoms with Crippen molar-refractivity contribution < 1.29 is 13.9 Å². The number of tetrazole rings is 1. The molecular weight excluding hydrogens is 420 g/mol. The molecule has 0 unspecified atom stereocenters. The molecule has 0 aliphatic heterocycles. The Kier molecular flexibility index (Phi) is 6.90.